The van der Waals surface area contributed by atoms with Gasteiger partial charge in [-0.2, -0.15) is 0 Å². The highest BCUT2D eigenvalue weighted by atomic mass is 16.5. The van der Waals surface area contributed by atoms with Crippen LogP contribution in [0.25, 0.3) is 11.3 Å². The number of pyridine rings is 2. The second-order valence-corrected chi connectivity index (χ2v) is 4.99. The summed E-state index contributed by atoms with van der Waals surface area (Å²) in [5.41, 5.74) is 3.86. The van der Waals surface area contributed by atoms with Gasteiger partial charge in [-0.25, -0.2) is 4.79 Å². The molecule has 24 heavy (non-hydrogen) atoms. The van der Waals surface area contributed by atoms with Crippen molar-refractivity contribution in [3.8, 4) is 23.1 Å². The zero-order valence-electron chi connectivity index (χ0n) is 13.1. The molecule has 1 aromatic carbocycles. The lowest BCUT2D eigenvalue weighted by molar-refractivity contribution is 0.0600. The first-order valence-corrected chi connectivity index (χ1v) is 7.33. The van der Waals surface area contributed by atoms with E-state index in [1.807, 2.05) is 36.4 Å². The molecule has 0 fully saturated rings. The molecule has 0 saturated heterocycles. The lowest BCUT2D eigenvalue weighted by atomic mass is 10.1. The zero-order chi connectivity index (χ0) is 16.8. The molecule has 3 rings (SSSR count). The van der Waals surface area contributed by atoms with Gasteiger partial charge in [0.15, 0.2) is 0 Å². The number of ether oxygens (including phenoxy) is 1. The molecule has 3 aromatic rings. The fourth-order valence-electron chi connectivity index (χ4n) is 2.14. The molecular weight excluding hydrogens is 300 g/mol. The van der Waals surface area contributed by atoms with Crippen LogP contribution in [0.1, 0.15) is 21.5 Å². The van der Waals surface area contributed by atoms with Crippen LogP contribution in [0.15, 0.2) is 67.1 Å². The van der Waals surface area contributed by atoms with Crippen LogP contribution in [0, 0.1) is 11.8 Å². The van der Waals surface area contributed by atoms with E-state index in [-0.39, 0.29) is 5.97 Å². The molecule has 0 amide bonds. The van der Waals surface area contributed by atoms with Gasteiger partial charge in [-0.1, -0.05) is 24.0 Å². The van der Waals surface area contributed by atoms with Crippen molar-refractivity contribution in [2.75, 3.05) is 7.11 Å². The Balaban J connectivity index is 1.83. The highest BCUT2D eigenvalue weighted by Crippen LogP contribution is 2.18. The highest BCUT2D eigenvalue weighted by molar-refractivity contribution is 5.90. The van der Waals surface area contributed by atoms with Crippen LogP contribution >= 0.6 is 0 Å². The van der Waals surface area contributed by atoms with Crippen LogP contribution < -0.4 is 0 Å². The second-order valence-electron chi connectivity index (χ2n) is 4.99. The van der Waals surface area contributed by atoms with Gasteiger partial charge in [-0.05, 0) is 36.4 Å². The van der Waals surface area contributed by atoms with Gasteiger partial charge in [0.2, 0.25) is 0 Å². The van der Waals surface area contributed by atoms with Crippen molar-refractivity contribution < 1.29 is 9.53 Å². The Morgan fingerprint density at radius 3 is 2.50 bits per heavy atom. The van der Waals surface area contributed by atoms with E-state index in [1.54, 1.807) is 30.7 Å². The van der Waals surface area contributed by atoms with Gasteiger partial charge >= 0.3 is 5.97 Å². The SMILES string of the molecule is COC(=O)c1ccnc(-c2ccc(C#Cc3cccnc3)cc2)c1. The second kappa shape index (κ2) is 7.21. The molecule has 0 aliphatic heterocycles. The van der Waals surface area contributed by atoms with Crippen LogP contribution in [-0.2, 0) is 4.74 Å². The maximum Gasteiger partial charge on any atom is 0.337 e. The van der Waals surface area contributed by atoms with Crippen molar-refractivity contribution in [1.29, 1.82) is 0 Å². The minimum Gasteiger partial charge on any atom is -0.465 e. The Morgan fingerprint density at radius 1 is 1.00 bits per heavy atom. The van der Waals surface area contributed by atoms with Crippen molar-refractivity contribution in [2.24, 2.45) is 0 Å². The molecule has 0 N–H and O–H groups in total. The van der Waals surface area contributed by atoms with Crippen molar-refractivity contribution in [3.05, 3.63) is 83.8 Å². The summed E-state index contributed by atoms with van der Waals surface area (Å²) in [5, 5.41) is 0. The molecule has 116 valence electrons. The lowest BCUT2D eigenvalue weighted by Gasteiger charge is -2.03. The van der Waals surface area contributed by atoms with Crippen molar-refractivity contribution in [1.82, 2.24) is 9.97 Å². The predicted octanol–water partition coefficient (Wildman–Crippen LogP) is 3.33. The van der Waals surface area contributed by atoms with E-state index in [1.165, 1.54) is 7.11 Å². The van der Waals surface area contributed by atoms with Crippen molar-refractivity contribution in [3.63, 3.8) is 0 Å². The number of carbonyl (C=O) groups is 1. The quantitative estimate of drug-likeness (QED) is 0.538. The topological polar surface area (TPSA) is 52.1 Å². The monoisotopic (exact) mass is 314 g/mol. The maximum atomic E-state index is 11.6. The third kappa shape index (κ3) is 3.65. The third-order valence-corrected chi connectivity index (χ3v) is 3.37. The summed E-state index contributed by atoms with van der Waals surface area (Å²) in [4.78, 5) is 19.9. The number of aromatic nitrogens is 2. The number of esters is 1. The number of carbonyl (C=O) groups excluding carboxylic acids is 1. The molecule has 0 aliphatic rings. The van der Waals surface area contributed by atoms with E-state index in [0.29, 0.717) is 11.3 Å². The summed E-state index contributed by atoms with van der Waals surface area (Å²) in [7, 11) is 1.36. The molecule has 4 heteroatoms. The van der Waals surface area contributed by atoms with Gasteiger partial charge in [-0.3, -0.25) is 9.97 Å². The molecule has 0 saturated carbocycles. The standard InChI is InChI=1S/C20H14N2O2/c1-24-20(23)18-10-12-22-19(13-18)17-8-6-15(7-9-17)4-5-16-3-2-11-21-14-16/h2-3,6-14H,1H3. The molecule has 0 bridgehead atoms. The summed E-state index contributed by atoms with van der Waals surface area (Å²) in [6.07, 6.45) is 5.04. The van der Waals surface area contributed by atoms with Crippen molar-refractivity contribution in [2.45, 2.75) is 0 Å². The summed E-state index contributed by atoms with van der Waals surface area (Å²) in [5.74, 6) is 5.78. The zero-order valence-corrected chi connectivity index (χ0v) is 13.1. The van der Waals surface area contributed by atoms with Gasteiger partial charge in [0.05, 0.1) is 18.4 Å². The third-order valence-electron chi connectivity index (χ3n) is 3.37. The predicted molar refractivity (Wildman–Crippen MR) is 91.2 cm³/mol. The van der Waals surface area contributed by atoms with Gasteiger partial charge in [0, 0.05) is 35.3 Å². The van der Waals surface area contributed by atoms with E-state index >= 15 is 0 Å². The average molecular weight is 314 g/mol. The van der Waals surface area contributed by atoms with E-state index in [0.717, 1.165) is 16.7 Å². The van der Waals surface area contributed by atoms with E-state index in [9.17, 15) is 4.79 Å². The highest BCUT2D eigenvalue weighted by Gasteiger charge is 2.07. The van der Waals surface area contributed by atoms with E-state index in [2.05, 4.69) is 21.8 Å². The first-order valence-electron chi connectivity index (χ1n) is 7.33. The molecule has 0 atom stereocenters. The molecule has 4 nitrogen and oxygen atoms in total. The molecule has 2 aromatic heterocycles. The summed E-state index contributed by atoms with van der Waals surface area (Å²) < 4.78 is 4.73. The van der Waals surface area contributed by atoms with Crippen LogP contribution in [0.3, 0.4) is 0 Å². The lowest BCUT2D eigenvalue weighted by Crippen LogP contribution is -2.01. The molecule has 0 aliphatic carbocycles. The van der Waals surface area contributed by atoms with Crippen LogP contribution in [0.2, 0.25) is 0 Å². The summed E-state index contributed by atoms with van der Waals surface area (Å²) in [6, 6.07) is 14.8. The fraction of sp³-hybridized carbons (Fsp3) is 0.0500. The Bertz CT molecular complexity index is 908. The largest absolute Gasteiger partial charge is 0.465 e. The van der Waals surface area contributed by atoms with Crippen LogP contribution in [-0.4, -0.2) is 23.0 Å². The minimum atomic E-state index is -0.377. The fourth-order valence-corrected chi connectivity index (χ4v) is 2.14. The van der Waals surface area contributed by atoms with E-state index < -0.39 is 0 Å². The molecule has 0 radical (unpaired) electrons. The smallest absolute Gasteiger partial charge is 0.337 e. The molecular formula is C20H14N2O2. The Kier molecular flexibility index (Phi) is 4.64. The average Bonchev–Trinajstić information content (AvgIpc) is 2.67. The first kappa shape index (κ1) is 15.4. The number of methoxy groups -OCH3 is 1. The number of hydrogen-bond donors (Lipinski definition) is 0. The molecule has 2 heterocycles. The van der Waals surface area contributed by atoms with Gasteiger partial charge in [-0.15, -0.1) is 0 Å². The summed E-state index contributed by atoms with van der Waals surface area (Å²) >= 11 is 0. The number of nitrogens with zero attached hydrogens (tertiary/aromatic N) is 2. The van der Waals surface area contributed by atoms with Crippen LogP contribution in [0.4, 0.5) is 0 Å². The maximum absolute atomic E-state index is 11.6. The molecule has 0 unspecified atom stereocenters. The van der Waals surface area contributed by atoms with Gasteiger partial charge in [0.25, 0.3) is 0 Å². The Labute approximate surface area is 140 Å². The normalized spacial score (nSPS) is 9.71. The minimum absolute atomic E-state index is 0.377. The van der Waals surface area contributed by atoms with Crippen molar-refractivity contribution >= 4 is 5.97 Å². The van der Waals surface area contributed by atoms with Gasteiger partial charge < -0.3 is 4.74 Å². The Morgan fingerprint density at radius 2 is 1.79 bits per heavy atom. The van der Waals surface area contributed by atoms with Gasteiger partial charge in [0.1, 0.15) is 0 Å². The van der Waals surface area contributed by atoms with Crippen LogP contribution in [0.5, 0.6) is 0 Å². The Hall–Kier alpha value is -3.45. The first-order chi connectivity index (χ1) is 11.8. The number of hydrogen-bond acceptors (Lipinski definition) is 4. The molecule has 0 spiro atoms. The number of benzene rings is 1. The summed E-state index contributed by atoms with van der Waals surface area (Å²) in [6.45, 7) is 0. The number of rotatable bonds is 2. The van der Waals surface area contributed by atoms with E-state index in [4.69, 9.17) is 4.74 Å².